The van der Waals surface area contributed by atoms with Gasteiger partial charge in [0.05, 0.1) is 24.6 Å². The highest BCUT2D eigenvalue weighted by Crippen LogP contribution is 2.25. The lowest BCUT2D eigenvalue weighted by molar-refractivity contribution is 0.122. The Hall–Kier alpha value is -2.44. The Labute approximate surface area is 168 Å². The lowest BCUT2D eigenvalue weighted by Gasteiger charge is -2.28. The summed E-state index contributed by atoms with van der Waals surface area (Å²) in [4.78, 5) is 8.02. The minimum Gasteiger partial charge on any atom is -0.378 e. The van der Waals surface area contributed by atoms with E-state index in [4.69, 9.17) is 9.73 Å². The van der Waals surface area contributed by atoms with Gasteiger partial charge in [0, 0.05) is 30.7 Å². The highest BCUT2D eigenvalue weighted by Gasteiger charge is 2.12. The summed E-state index contributed by atoms with van der Waals surface area (Å²) in [6.45, 7) is 6.51. The van der Waals surface area contributed by atoms with Crippen molar-refractivity contribution in [2.75, 3.05) is 31.2 Å². The number of nitrogens with zero attached hydrogens (tertiary/aromatic N) is 3. The fraction of sp³-hybridized carbons (Fsp3) is 0.318. The molecular formula is C22H24FN3OS. The van der Waals surface area contributed by atoms with E-state index in [1.165, 1.54) is 29.1 Å². The van der Waals surface area contributed by atoms with Crippen LogP contribution in [0.1, 0.15) is 13.3 Å². The molecule has 1 aliphatic rings. The third-order valence-corrected chi connectivity index (χ3v) is 5.70. The van der Waals surface area contributed by atoms with Crippen LogP contribution in [0.3, 0.4) is 0 Å². The van der Waals surface area contributed by atoms with Gasteiger partial charge in [-0.05, 0) is 48.4 Å². The van der Waals surface area contributed by atoms with Crippen LogP contribution in [0.2, 0.25) is 0 Å². The first-order valence-corrected chi connectivity index (χ1v) is 10.5. The summed E-state index contributed by atoms with van der Waals surface area (Å²) in [6, 6.07) is 15.0. The van der Waals surface area contributed by atoms with Crippen molar-refractivity contribution in [1.82, 2.24) is 4.57 Å². The van der Waals surface area contributed by atoms with E-state index in [0.29, 0.717) is 0 Å². The van der Waals surface area contributed by atoms with Crippen molar-refractivity contribution < 1.29 is 9.13 Å². The van der Waals surface area contributed by atoms with E-state index < -0.39 is 0 Å². The second-order valence-electron chi connectivity index (χ2n) is 6.79. The zero-order chi connectivity index (χ0) is 19.3. The highest BCUT2D eigenvalue weighted by atomic mass is 32.1. The molecular weight excluding hydrogens is 373 g/mol. The number of thiazole rings is 1. The van der Waals surface area contributed by atoms with Gasteiger partial charge < -0.3 is 14.2 Å². The smallest absolute Gasteiger partial charge is 0.190 e. The Kier molecular flexibility index (Phi) is 5.88. The molecule has 0 amide bonds. The number of ether oxygens (including phenoxy) is 1. The van der Waals surface area contributed by atoms with Crippen LogP contribution in [-0.4, -0.2) is 30.9 Å². The second-order valence-corrected chi connectivity index (χ2v) is 7.63. The minimum absolute atomic E-state index is 0.243. The third-order valence-electron chi connectivity index (χ3n) is 4.84. The largest absolute Gasteiger partial charge is 0.378 e. The molecule has 0 unspecified atom stereocenters. The van der Waals surface area contributed by atoms with E-state index >= 15 is 0 Å². The van der Waals surface area contributed by atoms with E-state index in [1.54, 1.807) is 23.5 Å². The molecule has 0 spiro atoms. The normalized spacial score (nSPS) is 15.2. The zero-order valence-electron chi connectivity index (χ0n) is 16.0. The minimum atomic E-state index is -0.243. The summed E-state index contributed by atoms with van der Waals surface area (Å²) < 4.78 is 20.9. The summed E-state index contributed by atoms with van der Waals surface area (Å²) in [5.74, 6) is -0.243. The van der Waals surface area contributed by atoms with Crippen molar-refractivity contribution in [3.05, 3.63) is 64.5 Å². The van der Waals surface area contributed by atoms with Gasteiger partial charge in [0.1, 0.15) is 5.82 Å². The SMILES string of the molecule is CCCn1c(-c2ccc(N3CCOCC3)cc2)csc1=Nc1ccc(F)cc1. The van der Waals surface area contributed by atoms with E-state index in [0.717, 1.165) is 49.8 Å². The van der Waals surface area contributed by atoms with Crippen molar-refractivity contribution in [2.45, 2.75) is 19.9 Å². The molecule has 146 valence electrons. The van der Waals surface area contributed by atoms with E-state index in [1.807, 2.05) is 0 Å². The Balaban J connectivity index is 1.65. The predicted octanol–water partition coefficient (Wildman–Crippen LogP) is 4.83. The second kappa shape index (κ2) is 8.71. The van der Waals surface area contributed by atoms with Gasteiger partial charge in [-0.1, -0.05) is 19.1 Å². The first kappa shape index (κ1) is 18.9. The maximum atomic E-state index is 13.2. The van der Waals surface area contributed by atoms with Crippen LogP contribution in [0.15, 0.2) is 58.9 Å². The Bertz CT molecular complexity index is 970. The maximum absolute atomic E-state index is 13.2. The fourth-order valence-corrected chi connectivity index (χ4v) is 4.34. The molecule has 3 aromatic rings. The van der Waals surface area contributed by atoms with Gasteiger partial charge in [-0.2, -0.15) is 0 Å². The number of hydrogen-bond donors (Lipinski definition) is 0. The maximum Gasteiger partial charge on any atom is 0.190 e. The number of morpholine rings is 1. The molecule has 1 aromatic heterocycles. The molecule has 0 aliphatic carbocycles. The molecule has 2 aromatic carbocycles. The monoisotopic (exact) mass is 397 g/mol. The molecule has 6 heteroatoms. The van der Waals surface area contributed by atoms with Crippen molar-refractivity contribution in [3.63, 3.8) is 0 Å². The molecule has 0 atom stereocenters. The first-order valence-electron chi connectivity index (χ1n) is 9.66. The summed E-state index contributed by atoms with van der Waals surface area (Å²) in [5, 5.41) is 2.15. The fourth-order valence-electron chi connectivity index (χ4n) is 3.38. The standard InChI is InChI=1S/C22H24FN3OS/c1-2-11-26-21(16-28-22(26)24-19-7-5-18(23)6-8-19)17-3-9-20(10-4-17)25-12-14-27-15-13-25/h3-10,16H,2,11-15H2,1H3. The van der Waals surface area contributed by atoms with Crippen LogP contribution in [0.4, 0.5) is 15.8 Å². The Morgan fingerprint density at radius 3 is 2.43 bits per heavy atom. The third kappa shape index (κ3) is 4.18. The van der Waals surface area contributed by atoms with Gasteiger partial charge in [0.25, 0.3) is 0 Å². The topological polar surface area (TPSA) is 29.8 Å². The molecule has 0 radical (unpaired) electrons. The van der Waals surface area contributed by atoms with Gasteiger partial charge >= 0.3 is 0 Å². The van der Waals surface area contributed by atoms with Gasteiger partial charge in [0.2, 0.25) is 0 Å². The van der Waals surface area contributed by atoms with Crippen LogP contribution < -0.4 is 9.70 Å². The molecule has 2 heterocycles. The lowest BCUT2D eigenvalue weighted by Crippen LogP contribution is -2.36. The van der Waals surface area contributed by atoms with Crippen LogP contribution in [0, 0.1) is 5.82 Å². The average Bonchev–Trinajstić information content (AvgIpc) is 3.13. The van der Waals surface area contributed by atoms with Gasteiger partial charge in [-0.3, -0.25) is 0 Å². The highest BCUT2D eigenvalue weighted by molar-refractivity contribution is 7.07. The molecule has 0 bridgehead atoms. The number of aromatic nitrogens is 1. The molecule has 4 rings (SSSR count). The summed E-state index contributed by atoms with van der Waals surface area (Å²) in [6.07, 6.45) is 1.02. The number of benzene rings is 2. The van der Waals surface area contributed by atoms with Crippen molar-refractivity contribution in [1.29, 1.82) is 0 Å². The summed E-state index contributed by atoms with van der Waals surface area (Å²) in [5.41, 5.74) is 4.35. The predicted molar refractivity (Wildman–Crippen MR) is 113 cm³/mol. The van der Waals surface area contributed by atoms with Gasteiger partial charge in [0.15, 0.2) is 4.80 Å². The quantitative estimate of drug-likeness (QED) is 0.617. The van der Waals surface area contributed by atoms with Gasteiger partial charge in [-0.25, -0.2) is 9.38 Å². The average molecular weight is 398 g/mol. The molecule has 0 N–H and O–H groups in total. The van der Waals surface area contributed by atoms with Gasteiger partial charge in [-0.15, -0.1) is 11.3 Å². The summed E-state index contributed by atoms with van der Waals surface area (Å²) in [7, 11) is 0. The molecule has 1 saturated heterocycles. The Morgan fingerprint density at radius 1 is 1.04 bits per heavy atom. The van der Waals surface area contributed by atoms with Crippen LogP contribution in [-0.2, 0) is 11.3 Å². The number of rotatable bonds is 5. The number of halogens is 1. The van der Waals surface area contributed by atoms with E-state index in [2.05, 4.69) is 46.0 Å². The molecule has 0 saturated carbocycles. The van der Waals surface area contributed by atoms with E-state index in [-0.39, 0.29) is 5.82 Å². The van der Waals surface area contributed by atoms with Crippen LogP contribution >= 0.6 is 11.3 Å². The summed E-state index contributed by atoms with van der Waals surface area (Å²) >= 11 is 1.62. The van der Waals surface area contributed by atoms with Crippen molar-refractivity contribution in [3.8, 4) is 11.3 Å². The molecule has 1 fully saturated rings. The first-order chi connectivity index (χ1) is 13.7. The Morgan fingerprint density at radius 2 is 1.75 bits per heavy atom. The van der Waals surface area contributed by atoms with E-state index in [9.17, 15) is 4.39 Å². The van der Waals surface area contributed by atoms with Crippen LogP contribution in [0.5, 0.6) is 0 Å². The van der Waals surface area contributed by atoms with Crippen LogP contribution in [0.25, 0.3) is 11.3 Å². The molecule has 1 aliphatic heterocycles. The molecule has 4 nitrogen and oxygen atoms in total. The lowest BCUT2D eigenvalue weighted by atomic mass is 10.1. The van der Waals surface area contributed by atoms with Crippen molar-refractivity contribution >= 4 is 22.7 Å². The zero-order valence-corrected chi connectivity index (χ0v) is 16.8. The number of hydrogen-bond acceptors (Lipinski definition) is 4. The van der Waals surface area contributed by atoms with Crippen molar-refractivity contribution in [2.24, 2.45) is 4.99 Å². The number of anilines is 1. The molecule has 28 heavy (non-hydrogen) atoms.